The van der Waals surface area contributed by atoms with E-state index >= 15 is 0 Å². The van der Waals surface area contributed by atoms with E-state index in [1.807, 2.05) is 0 Å². The maximum atomic E-state index is 13.4. The van der Waals surface area contributed by atoms with E-state index in [4.69, 9.17) is 11.6 Å². The molecule has 2 nitrogen and oxygen atoms in total. The number of nitrogens with one attached hydrogen (secondary N) is 2. The number of anilines is 2. The molecule has 2 aliphatic rings. The van der Waals surface area contributed by atoms with E-state index < -0.39 is 0 Å². The molecule has 0 radical (unpaired) electrons. The van der Waals surface area contributed by atoms with Crippen LogP contribution in [0.15, 0.2) is 12.1 Å². The van der Waals surface area contributed by atoms with Crippen LogP contribution in [0.3, 0.4) is 0 Å². The summed E-state index contributed by atoms with van der Waals surface area (Å²) >= 11 is 5.75. The van der Waals surface area contributed by atoms with Crippen LogP contribution in [0.5, 0.6) is 0 Å². The van der Waals surface area contributed by atoms with Crippen molar-refractivity contribution in [2.24, 2.45) is 5.92 Å². The summed E-state index contributed by atoms with van der Waals surface area (Å²) in [6.07, 6.45) is 2.52. The molecule has 1 aromatic rings. The van der Waals surface area contributed by atoms with Crippen LogP contribution in [-0.2, 0) is 0 Å². The van der Waals surface area contributed by atoms with E-state index in [0.29, 0.717) is 5.92 Å². The summed E-state index contributed by atoms with van der Waals surface area (Å²) in [5.74, 6) is 0.335. The Kier molecular flexibility index (Phi) is 2.08. The zero-order valence-electron chi connectivity index (χ0n) is 9.11. The first kappa shape index (κ1) is 10.2. The van der Waals surface area contributed by atoms with Crippen molar-refractivity contribution in [1.82, 2.24) is 0 Å². The number of hydrogen-bond donors (Lipinski definition) is 2. The first-order valence-electron chi connectivity index (χ1n) is 5.59. The molecule has 1 saturated carbocycles. The third-order valence-corrected chi connectivity index (χ3v) is 3.89. The number of rotatable bonds is 1. The Morgan fingerprint density at radius 3 is 2.81 bits per heavy atom. The minimum absolute atomic E-state index is 0.0489. The molecule has 1 aromatic carbocycles. The van der Waals surface area contributed by atoms with E-state index in [0.717, 1.165) is 17.9 Å². The fourth-order valence-electron chi connectivity index (χ4n) is 2.39. The van der Waals surface area contributed by atoms with Crippen molar-refractivity contribution in [3.05, 3.63) is 23.0 Å². The zero-order chi connectivity index (χ0) is 11.3. The molecule has 1 atom stereocenters. The Balaban J connectivity index is 1.96. The Morgan fingerprint density at radius 1 is 1.38 bits per heavy atom. The van der Waals surface area contributed by atoms with Crippen molar-refractivity contribution in [2.45, 2.75) is 25.3 Å². The van der Waals surface area contributed by atoms with Crippen LogP contribution < -0.4 is 10.6 Å². The van der Waals surface area contributed by atoms with Crippen molar-refractivity contribution in [3.8, 4) is 0 Å². The lowest BCUT2D eigenvalue weighted by molar-refractivity contribution is 0.465. The molecule has 1 aliphatic carbocycles. The van der Waals surface area contributed by atoms with Crippen molar-refractivity contribution < 1.29 is 4.39 Å². The van der Waals surface area contributed by atoms with Crippen molar-refractivity contribution in [2.75, 3.05) is 17.2 Å². The molecule has 0 spiro atoms. The van der Waals surface area contributed by atoms with E-state index in [1.54, 1.807) is 6.07 Å². The van der Waals surface area contributed by atoms with Gasteiger partial charge in [0.1, 0.15) is 5.82 Å². The lowest BCUT2D eigenvalue weighted by Crippen LogP contribution is -2.47. The van der Waals surface area contributed by atoms with Crippen LogP contribution in [-0.4, -0.2) is 12.1 Å². The van der Waals surface area contributed by atoms with Gasteiger partial charge in [0.15, 0.2) is 0 Å². The van der Waals surface area contributed by atoms with E-state index in [-0.39, 0.29) is 16.4 Å². The van der Waals surface area contributed by atoms with Crippen LogP contribution >= 0.6 is 11.6 Å². The summed E-state index contributed by atoms with van der Waals surface area (Å²) < 4.78 is 13.4. The first-order valence-corrected chi connectivity index (χ1v) is 5.97. The first-order chi connectivity index (χ1) is 7.58. The van der Waals surface area contributed by atoms with Crippen LogP contribution in [0.1, 0.15) is 19.8 Å². The van der Waals surface area contributed by atoms with Gasteiger partial charge in [-0.25, -0.2) is 4.39 Å². The number of benzene rings is 1. The molecule has 16 heavy (non-hydrogen) atoms. The van der Waals surface area contributed by atoms with Gasteiger partial charge in [-0.3, -0.25) is 0 Å². The van der Waals surface area contributed by atoms with Gasteiger partial charge in [0.05, 0.1) is 21.9 Å². The summed E-state index contributed by atoms with van der Waals surface area (Å²) in [5.41, 5.74) is 1.76. The molecule has 0 bridgehead atoms. The molecule has 1 heterocycles. The minimum Gasteiger partial charge on any atom is -0.381 e. The Hall–Kier alpha value is -0.960. The minimum atomic E-state index is -0.366. The average Bonchev–Trinajstić information content (AvgIpc) is 3.04. The molecular weight excluding hydrogens is 227 g/mol. The van der Waals surface area contributed by atoms with Gasteiger partial charge in [0, 0.05) is 12.6 Å². The number of halogens is 2. The molecule has 0 amide bonds. The SMILES string of the molecule is CC1(C2CC2)CNc2cc(Cl)c(F)cc2N1. The molecular formula is C12H14ClFN2. The molecule has 1 fully saturated rings. The fraction of sp³-hybridized carbons (Fsp3) is 0.500. The Morgan fingerprint density at radius 2 is 2.12 bits per heavy atom. The molecule has 1 unspecified atom stereocenters. The van der Waals surface area contributed by atoms with Crippen molar-refractivity contribution in [1.29, 1.82) is 0 Å². The second-order valence-electron chi connectivity index (χ2n) is 4.98. The lowest BCUT2D eigenvalue weighted by atomic mass is 9.92. The van der Waals surface area contributed by atoms with Crippen molar-refractivity contribution >= 4 is 23.0 Å². The third kappa shape index (κ3) is 1.54. The van der Waals surface area contributed by atoms with Gasteiger partial charge >= 0.3 is 0 Å². The standard InChI is InChI=1S/C12H14ClFN2/c1-12(7-2-3-7)6-15-10-4-8(13)9(14)5-11(10)16-12/h4-5,7,15-16H,2-3,6H2,1H3. The highest BCUT2D eigenvalue weighted by Gasteiger charge is 2.43. The van der Waals surface area contributed by atoms with Crippen molar-refractivity contribution in [3.63, 3.8) is 0 Å². The third-order valence-electron chi connectivity index (χ3n) is 3.61. The summed E-state index contributed by atoms with van der Waals surface area (Å²) in [6, 6.07) is 3.12. The Labute approximate surface area is 99.2 Å². The fourth-order valence-corrected chi connectivity index (χ4v) is 2.56. The second-order valence-corrected chi connectivity index (χ2v) is 5.39. The number of hydrogen-bond acceptors (Lipinski definition) is 2. The maximum absolute atomic E-state index is 13.4. The van der Waals surface area contributed by atoms with Gasteiger partial charge in [-0.2, -0.15) is 0 Å². The number of fused-ring (bicyclic) bond motifs is 1. The van der Waals surface area contributed by atoms with Crippen LogP contribution in [0, 0.1) is 11.7 Å². The summed E-state index contributed by atoms with van der Waals surface area (Å²) in [4.78, 5) is 0. The van der Waals surface area contributed by atoms with Gasteiger partial charge in [0.25, 0.3) is 0 Å². The van der Waals surface area contributed by atoms with E-state index in [1.165, 1.54) is 18.9 Å². The summed E-state index contributed by atoms with van der Waals surface area (Å²) in [5, 5.41) is 6.94. The monoisotopic (exact) mass is 240 g/mol. The molecule has 3 rings (SSSR count). The van der Waals surface area contributed by atoms with E-state index in [9.17, 15) is 4.39 Å². The smallest absolute Gasteiger partial charge is 0.143 e. The molecule has 2 N–H and O–H groups in total. The zero-order valence-corrected chi connectivity index (χ0v) is 9.87. The maximum Gasteiger partial charge on any atom is 0.143 e. The molecule has 0 saturated heterocycles. The highest BCUT2D eigenvalue weighted by Crippen LogP contribution is 2.45. The van der Waals surface area contributed by atoms with Gasteiger partial charge in [-0.15, -0.1) is 0 Å². The van der Waals surface area contributed by atoms with Crippen LogP contribution in [0.25, 0.3) is 0 Å². The molecule has 86 valence electrons. The highest BCUT2D eigenvalue weighted by molar-refractivity contribution is 6.31. The van der Waals surface area contributed by atoms with Crippen LogP contribution in [0.4, 0.5) is 15.8 Å². The quantitative estimate of drug-likeness (QED) is 0.785. The molecule has 1 aliphatic heterocycles. The predicted molar refractivity (Wildman–Crippen MR) is 64.7 cm³/mol. The lowest BCUT2D eigenvalue weighted by Gasteiger charge is -2.38. The Bertz CT molecular complexity index is 445. The van der Waals surface area contributed by atoms with Gasteiger partial charge in [0.2, 0.25) is 0 Å². The summed E-state index contributed by atoms with van der Waals surface area (Å²) in [7, 11) is 0. The highest BCUT2D eigenvalue weighted by atomic mass is 35.5. The van der Waals surface area contributed by atoms with Gasteiger partial charge < -0.3 is 10.6 Å². The van der Waals surface area contributed by atoms with Crippen LogP contribution in [0.2, 0.25) is 5.02 Å². The summed E-state index contributed by atoms with van der Waals surface area (Å²) in [6.45, 7) is 3.06. The van der Waals surface area contributed by atoms with E-state index in [2.05, 4.69) is 17.6 Å². The predicted octanol–water partition coefficient (Wildman–Crippen LogP) is 3.49. The molecule has 0 aromatic heterocycles. The van der Waals surface area contributed by atoms with Gasteiger partial charge in [-0.05, 0) is 31.7 Å². The topological polar surface area (TPSA) is 24.1 Å². The second kappa shape index (κ2) is 3.27. The largest absolute Gasteiger partial charge is 0.381 e. The normalized spacial score (nSPS) is 27.9. The average molecular weight is 241 g/mol. The van der Waals surface area contributed by atoms with Gasteiger partial charge in [-0.1, -0.05) is 11.6 Å². The molecule has 4 heteroatoms.